The number of carbonyl (C=O) groups excluding carboxylic acids is 2. The van der Waals surface area contributed by atoms with E-state index in [1.807, 2.05) is 0 Å². The lowest BCUT2D eigenvalue weighted by Gasteiger charge is -2.39. The number of urea groups is 1. The number of alkyl halides is 6. The molecule has 248 valence electrons. The van der Waals surface area contributed by atoms with Crippen LogP contribution in [-0.2, 0) is 29.7 Å². The first-order valence-electron chi connectivity index (χ1n) is 14.0. The van der Waals surface area contributed by atoms with Crippen molar-refractivity contribution in [2.75, 3.05) is 39.3 Å². The highest BCUT2D eigenvalue weighted by molar-refractivity contribution is 7.92. The molecule has 2 aromatic rings. The molecule has 2 aliphatic heterocycles. The van der Waals surface area contributed by atoms with Crippen LogP contribution in [0.4, 0.5) is 35.5 Å². The predicted molar refractivity (Wildman–Crippen MR) is 147 cm³/mol. The Morgan fingerprint density at radius 2 is 1.31 bits per heavy atom. The molecule has 8 nitrogen and oxygen atoms in total. The van der Waals surface area contributed by atoms with E-state index in [1.165, 1.54) is 16.7 Å². The molecule has 0 saturated carbocycles. The second-order valence-electron chi connectivity index (χ2n) is 11.3. The molecular weight excluding hydrogens is 635 g/mol. The molecule has 0 aromatic heterocycles. The van der Waals surface area contributed by atoms with Crippen molar-refractivity contribution in [3.05, 3.63) is 65.5 Å². The maximum absolute atomic E-state index is 14.2. The van der Waals surface area contributed by atoms with Gasteiger partial charge in [0.15, 0.2) is 9.84 Å². The Labute approximate surface area is 255 Å². The molecule has 45 heavy (non-hydrogen) atoms. The van der Waals surface area contributed by atoms with E-state index in [4.69, 9.17) is 0 Å². The number of sulfone groups is 1. The van der Waals surface area contributed by atoms with Crippen LogP contribution in [0, 0.1) is 5.82 Å². The molecule has 0 aliphatic carbocycles. The third kappa shape index (κ3) is 6.10. The van der Waals surface area contributed by atoms with Gasteiger partial charge < -0.3 is 19.4 Å². The summed E-state index contributed by atoms with van der Waals surface area (Å²) >= 11 is 0. The van der Waals surface area contributed by atoms with Gasteiger partial charge in [0, 0.05) is 51.8 Å². The summed E-state index contributed by atoms with van der Waals surface area (Å²) in [5.41, 5.74) is -6.16. The van der Waals surface area contributed by atoms with E-state index >= 15 is 0 Å². The summed E-state index contributed by atoms with van der Waals surface area (Å²) in [6.07, 6.45) is -13.6. The van der Waals surface area contributed by atoms with Crippen LogP contribution in [0.1, 0.15) is 38.3 Å². The van der Waals surface area contributed by atoms with Gasteiger partial charge in [-0.3, -0.25) is 4.79 Å². The Morgan fingerprint density at radius 3 is 1.78 bits per heavy atom. The highest BCUT2D eigenvalue weighted by Crippen LogP contribution is 2.54. The molecule has 1 atom stereocenters. The van der Waals surface area contributed by atoms with Crippen molar-refractivity contribution in [2.45, 2.75) is 60.9 Å². The van der Waals surface area contributed by atoms with Gasteiger partial charge in [-0.25, -0.2) is 17.6 Å². The van der Waals surface area contributed by atoms with Crippen LogP contribution in [0.3, 0.4) is 0 Å². The Morgan fingerprint density at radius 1 is 0.800 bits per heavy atom. The van der Waals surface area contributed by atoms with Gasteiger partial charge in [0.05, 0.1) is 11.0 Å². The maximum atomic E-state index is 14.2. The molecule has 16 heteroatoms. The van der Waals surface area contributed by atoms with E-state index in [0.29, 0.717) is 12.1 Å². The number of likely N-dealkylation sites (tertiary alicyclic amines) is 1. The summed E-state index contributed by atoms with van der Waals surface area (Å²) in [7, 11) is -4.52. The minimum absolute atomic E-state index is 0.112. The summed E-state index contributed by atoms with van der Waals surface area (Å²) in [5.74, 6) is -0.906. The van der Waals surface area contributed by atoms with Gasteiger partial charge in [-0.15, -0.1) is 0 Å². The van der Waals surface area contributed by atoms with Gasteiger partial charge >= 0.3 is 18.4 Å². The second kappa shape index (κ2) is 12.1. The number of rotatable bonds is 6. The number of hydrogen-bond donors (Lipinski definition) is 0. The molecule has 2 fully saturated rings. The van der Waals surface area contributed by atoms with Crippen LogP contribution in [0.5, 0.6) is 0 Å². The molecule has 3 amide bonds. The average Bonchev–Trinajstić information content (AvgIpc) is 3.42. The van der Waals surface area contributed by atoms with E-state index in [9.17, 15) is 48.7 Å². The standard InChI is InChI=1S/C29H32F7N3O5S/c1-19(2)44-27(28(31,32)33,29(34,35)36)22-6-4-21(5-7-22)26(45(42,43)24-10-8-23(30)9-11-24)12-13-39(18-26)25(41)38-16-14-37(15-17-38)20(3)40/h4-11,19H,12-18H2,1-3H3. The highest BCUT2D eigenvalue weighted by atomic mass is 32.2. The smallest absolute Gasteiger partial charge is 0.351 e. The third-order valence-corrected chi connectivity index (χ3v) is 10.7. The van der Waals surface area contributed by atoms with Crippen LogP contribution in [0.25, 0.3) is 0 Å². The number of hydrogen-bond acceptors (Lipinski definition) is 5. The molecular formula is C29H32F7N3O5S. The molecule has 2 saturated heterocycles. The lowest BCUT2D eigenvalue weighted by molar-refractivity contribution is -0.396. The van der Waals surface area contributed by atoms with Gasteiger partial charge in [-0.1, -0.05) is 24.3 Å². The summed E-state index contributed by atoms with van der Waals surface area (Å²) in [5, 5.41) is 0. The predicted octanol–water partition coefficient (Wildman–Crippen LogP) is 5.23. The number of carbonyl (C=O) groups is 2. The lowest BCUT2D eigenvalue weighted by Crippen LogP contribution is -2.57. The molecule has 0 bridgehead atoms. The van der Waals surface area contributed by atoms with Crippen LogP contribution in [0.15, 0.2) is 53.4 Å². The number of nitrogens with zero attached hydrogens (tertiary/aromatic N) is 3. The summed E-state index contributed by atoms with van der Waals surface area (Å²) < 4.78 is 130. The van der Waals surface area contributed by atoms with Crippen molar-refractivity contribution >= 4 is 21.8 Å². The Kier molecular flexibility index (Phi) is 9.25. The SMILES string of the molecule is CC(=O)N1CCN(C(=O)N2CCC(c3ccc(C(OC(C)C)(C(F)(F)F)C(F)(F)F)cc3)(S(=O)(=O)c3ccc(F)cc3)C2)CC1. The van der Waals surface area contributed by atoms with Crippen LogP contribution < -0.4 is 0 Å². The quantitative estimate of drug-likeness (QED) is 0.311. The molecule has 2 heterocycles. The molecule has 2 aromatic carbocycles. The zero-order valence-electron chi connectivity index (χ0n) is 24.6. The van der Waals surface area contributed by atoms with Crippen LogP contribution in [-0.4, -0.2) is 92.8 Å². The third-order valence-electron chi connectivity index (χ3n) is 8.16. The molecule has 0 N–H and O–H groups in total. The monoisotopic (exact) mass is 667 g/mol. The number of piperazine rings is 1. The summed E-state index contributed by atoms with van der Waals surface area (Å²) in [4.78, 5) is 29.0. The Balaban J connectivity index is 1.78. The van der Waals surface area contributed by atoms with Gasteiger partial charge in [0.2, 0.25) is 5.91 Å². The summed E-state index contributed by atoms with van der Waals surface area (Å²) in [6, 6.07) is 6.07. The summed E-state index contributed by atoms with van der Waals surface area (Å²) in [6.45, 7) is 3.71. The molecule has 0 radical (unpaired) electrons. The van der Waals surface area contributed by atoms with Gasteiger partial charge in [0.25, 0.3) is 5.60 Å². The van der Waals surface area contributed by atoms with Crippen molar-refractivity contribution in [1.29, 1.82) is 0 Å². The zero-order chi connectivity index (χ0) is 33.6. The minimum atomic E-state index is -5.93. The van der Waals surface area contributed by atoms with Crippen molar-refractivity contribution in [2.24, 2.45) is 0 Å². The molecule has 2 aliphatic rings. The Hall–Kier alpha value is -3.40. The van der Waals surface area contributed by atoms with Crippen molar-refractivity contribution < 1.29 is 53.5 Å². The van der Waals surface area contributed by atoms with Crippen molar-refractivity contribution in [3.8, 4) is 0 Å². The minimum Gasteiger partial charge on any atom is -0.351 e. The first-order valence-corrected chi connectivity index (χ1v) is 15.5. The number of benzene rings is 2. The van der Waals surface area contributed by atoms with Gasteiger partial charge in [-0.05, 0) is 50.1 Å². The first kappa shape index (κ1) is 34.5. The fraction of sp³-hybridized carbons (Fsp3) is 0.517. The number of ether oxygens (including phenoxy) is 1. The number of halogens is 7. The van der Waals surface area contributed by atoms with Crippen molar-refractivity contribution in [1.82, 2.24) is 14.7 Å². The molecule has 1 unspecified atom stereocenters. The van der Waals surface area contributed by atoms with Gasteiger partial charge in [0.1, 0.15) is 10.6 Å². The largest absolute Gasteiger partial charge is 0.430 e. The maximum Gasteiger partial charge on any atom is 0.430 e. The fourth-order valence-corrected chi connectivity index (χ4v) is 7.94. The molecule has 4 rings (SSSR count). The number of amides is 3. The van der Waals surface area contributed by atoms with E-state index in [2.05, 4.69) is 4.74 Å². The van der Waals surface area contributed by atoms with Crippen LogP contribution >= 0.6 is 0 Å². The lowest BCUT2D eigenvalue weighted by atomic mass is 9.88. The van der Waals surface area contributed by atoms with E-state index < -0.39 is 62.6 Å². The zero-order valence-corrected chi connectivity index (χ0v) is 25.4. The van der Waals surface area contributed by atoms with Crippen LogP contribution in [0.2, 0.25) is 0 Å². The van der Waals surface area contributed by atoms with Crippen molar-refractivity contribution in [3.63, 3.8) is 0 Å². The topological polar surface area (TPSA) is 87.2 Å². The fourth-order valence-electron chi connectivity index (χ4n) is 5.86. The van der Waals surface area contributed by atoms with E-state index in [1.54, 1.807) is 4.90 Å². The molecule has 0 spiro atoms. The average molecular weight is 668 g/mol. The van der Waals surface area contributed by atoms with E-state index in [0.717, 1.165) is 50.2 Å². The Bertz CT molecular complexity index is 1490. The highest BCUT2D eigenvalue weighted by Gasteiger charge is 2.73. The second-order valence-corrected chi connectivity index (χ2v) is 13.6. The normalized spacial score (nSPS) is 20.2. The van der Waals surface area contributed by atoms with Gasteiger partial charge in [-0.2, -0.15) is 26.3 Å². The van der Waals surface area contributed by atoms with E-state index in [-0.39, 0.29) is 55.5 Å². The first-order chi connectivity index (χ1) is 20.8.